The molecule has 0 aliphatic carbocycles. The highest BCUT2D eigenvalue weighted by Gasteiger charge is 2.49. The first-order chi connectivity index (χ1) is 16.8. The molecule has 11 nitrogen and oxygen atoms in total. The minimum atomic E-state index is -1.57. The van der Waals surface area contributed by atoms with Gasteiger partial charge in [0.05, 0.1) is 25.4 Å². The van der Waals surface area contributed by atoms with Gasteiger partial charge in [0.2, 0.25) is 0 Å². The first kappa shape index (κ1) is 30.5. The van der Waals surface area contributed by atoms with Gasteiger partial charge >= 0.3 is 0 Å². The zero-order chi connectivity index (χ0) is 25.8. The van der Waals surface area contributed by atoms with E-state index >= 15 is 0 Å². The second-order valence-electron chi connectivity index (χ2n) is 9.73. The molecule has 8 unspecified atom stereocenters. The zero-order valence-electron chi connectivity index (χ0n) is 20.5. The number of ether oxygens (including phenoxy) is 2. The summed E-state index contributed by atoms with van der Waals surface area (Å²) in [5.41, 5.74) is 0. The van der Waals surface area contributed by atoms with Gasteiger partial charge in [-0.2, -0.15) is 0 Å². The molecule has 11 heteroatoms. The fourth-order valence-corrected chi connectivity index (χ4v) is 4.81. The Hall–Kier alpha value is -0.730. The summed E-state index contributed by atoms with van der Waals surface area (Å²) >= 11 is 0. The summed E-state index contributed by atoms with van der Waals surface area (Å²) in [6, 6.07) is -0.920. The SMILES string of the molecule is O=C(CCCCO)CCCCCCCCC1NC(CO)C(O)C1O[C@@H]1OC(CO)C(O)C(O)C1O. The Morgan fingerprint density at radius 2 is 1.34 bits per heavy atom. The maximum atomic E-state index is 11.7. The molecule has 0 bridgehead atoms. The van der Waals surface area contributed by atoms with Crippen LogP contribution in [0.5, 0.6) is 0 Å². The smallest absolute Gasteiger partial charge is 0.187 e. The largest absolute Gasteiger partial charge is 0.396 e. The van der Waals surface area contributed by atoms with Crippen molar-refractivity contribution in [2.24, 2.45) is 0 Å². The third-order valence-corrected chi connectivity index (χ3v) is 6.99. The molecule has 0 aromatic heterocycles. The zero-order valence-corrected chi connectivity index (χ0v) is 20.5. The normalized spacial score (nSPS) is 35.5. The second-order valence-corrected chi connectivity index (χ2v) is 9.73. The molecule has 206 valence electrons. The second kappa shape index (κ2) is 16.2. The van der Waals surface area contributed by atoms with Crippen LogP contribution in [-0.4, -0.2) is 116 Å². The van der Waals surface area contributed by atoms with Crippen molar-refractivity contribution in [3.8, 4) is 0 Å². The van der Waals surface area contributed by atoms with Crippen molar-refractivity contribution in [1.82, 2.24) is 5.32 Å². The number of aliphatic hydroxyl groups excluding tert-OH is 7. The van der Waals surface area contributed by atoms with E-state index < -0.39 is 55.6 Å². The molecule has 2 aliphatic rings. The summed E-state index contributed by atoms with van der Waals surface area (Å²) < 4.78 is 11.2. The Bertz CT molecular complexity index is 595. The van der Waals surface area contributed by atoms with Crippen LogP contribution in [0.15, 0.2) is 0 Å². The van der Waals surface area contributed by atoms with Gasteiger partial charge in [0.25, 0.3) is 0 Å². The number of rotatable bonds is 17. The predicted molar refractivity (Wildman–Crippen MR) is 125 cm³/mol. The van der Waals surface area contributed by atoms with Crippen LogP contribution in [-0.2, 0) is 14.3 Å². The number of carbonyl (C=O) groups excluding carboxylic acids is 1. The summed E-state index contributed by atoms with van der Waals surface area (Å²) in [6.45, 7) is -0.744. The number of hydrogen-bond acceptors (Lipinski definition) is 11. The minimum Gasteiger partial charge on any atom is -0.396 e. The Balaban J connectivity index is 1.72. The Morgan fingerprint density at radius 3 is 1.97 bits per heavy atom. The fourth-order valence-electron chi connectivity index (χ4n) is 4.81. The molecular weight excluding hydrogens is 462 g/mol. The van der Waals surface area contributed by atoms with Gasteiger partial charge < -0.3 is 50.5 Å². The molecule has 0 radical (unpaired) electrons. The van der Waals surface area contributed by atoms with Crippen molar-refractivity contribution in [1.29, 1.82) is 0 Å². The van der Waals surface area contributed by atoms with E-state index in [1.807, 2.05) is 0 Å². The summed E-state index contributed by atoms with van der Waals surface area (Å²) in [7, 11) is 0. The van der Waals surface area contributed by atoms with Crippen molar-refractivity contribution in [2.45, 2.75) is 126 Å². The molecule has 35 heavy (non-hydrogen) atoms. The van der Waals surface area contributed by atoms with Crippen molar-refractivity contribution < 1.29 is 50.0 Å². The highest BCUT2D eigenvalue weighted by Crippen LogP contribution is 2.28. The number of hydrogen-bond donors (Lipinski definition) is 8. The molecule has 2 rings (SSSR count). The summed E-state index contributed by atoms with van der Waals surface area (Å²) in [6.07, 6.45) is -0.0504. The number of ketones is 1. The first-order valence-electron chi connectivity index (χ1n) is 13.0. The van der Waals surface area contributed by atoms with Crippen LogP contribution >= 0.6 is 0 Å². The van der Waals surface area contributed by atoms with E-state index in [-0.39, 0.29) is 25.0 Å². The molecule has 0 aromatic rings. The highest BCUT2D eigenvalue weighted by atomic mass is 16.7. The van der Waals surface area contributed by atoms with Crippen LogP contribution in [0.25, 0.3) is 0 Å². The van der Waals surface area contributed by atoms with Crippen LogP contribution in [0.1, 0.15) is 70.6 Å². The quantitative estimate of drug-likeness (QED) is 0.109. The van der Waals surface area contributed by atoms with Crippen molar-refractivity contribution in [3.05, 3.63) is 0 Å². The molecule has 2 aliphatic heterocycles. The maximum absolute atomic E-state index is 11.7. The summed E-state index contributed by atoms with van der Waals surface area (Å²) in [5.74, 6) is 0.258. The molecule has 0 spiro atoms. The van der Waals surface area contributed by atoms with E-state index in [1.54, 1.807) is 0 Å². The lowest BCUT2D eigenvalue weighted by molar-refractivity contribution is -0.316. The van der Waals surface area contributed by atoms with Crippen LogP contribution in [0.3, 0.4) is 0 Å². The molecule has 9 atom stereocenters. The lowest BCUT2D eigenvalue weighted by Crippen LogP contribution is -2.60. The van der Waals surface area contributed by atoms with Crippen molar-refractivity contribution in [3.63, 3.8) is 0 Å². The van der Waals surface area contributed by atoms with Gasteiger partial charge in [-0.05, 0) is 25.7 Å². The molecule has 2 heterocycles. The van der Waals surface area contributed by atoms with Gasteiger partial charge in [-0.25, -0.2) is 0 Å². The summed E-state index contributed by atoms with van der Waals surface area (Å²) in [4.78, 5) is 11.7. The Labute approximate surface area is 207 Å². The number of carbonyl (C=O) groups is 1. The van der Waals surface area contributed by atoms with Gasteiger partial charge in [-0.3, -0.25) is 4.79 Å². The van der Waals surface area contributed by atoms with E-state index in [2.05, 4.69) is 5.32 Å². The minimum absolute atomic E-state index is 0.129. The molecule has 0 saturated carbocycles. The van der Waals surface area contributed by atoms with Crippen LogP contribution in [0, 0.1) is 0 Å². The van der Waals surface area contributed by atoms with E-state index in [0.29, 0.717) is 25.7 Å². The van der Waals surface area contributed by atoms with Crippen LogP contribution < -0.4 is 5.32 Å². The van der Waals surface area contributed by atoms with Gasteiger partial charge in [-0.15, -0.1) is 0 Å². The lowest BCUT2D eigenvalue weighted by atomic mass is 9.98. The topological polar surface area (TPSA) is 189 Å². The van der Waals surface area contributed by atoms with E-state index in [4.69, 9.17) is 14.6 Å². The van der Waals surface area contributed by atoms with Crippen molar-refractivity contribution in [2.75, 3.05) is 19.8 Å². The van der Waals surface area contributed by atoms with E-state index in [1.165, 1.54) is 0 Å². The Kier molecular flexibility index (Phi) is 14.1. The number of unbranched alkanes of at least 4 members (excludes halogenated alkanes) is 6. The van der Waals surface area contributed by atoms with Gasteiger partial charge in [0.15, 0.2) is 6.29 Å². The average Bonchev–Trinajstić information content (AvgIpc) is 3.15. The number of Topliss-reactive ketones (excluding diaryl/α,β-unsaturated/α-hetero) is 1. The third-order valence-electron chi connectivity index (χ3n) is 6.99. The van der Waals surface area contributed by atoms with Crippen molar-refractivity contribution >= 4 is 5.78 Å². The fraction of sp³-hybridized carbons (Fsp3) is 0.958. The van der Waals surface area contributed by atoms with E-state index in [0.717, 1.165) is 44.9 Å². The molecule has 8 N–H and O–H groups in total. The van der Waals surface area contributed by atoms with Gasteiger partial charge in [0.1, 0.15) is 36.3 Å². The lowest BCUT2D eigenvalue weighted by Gasteiger charge is -2.41. The summed E-state index contributed by atoms with van der Waals surface area (Å²) in [5, 5.41) is 71.7. The molecule has 0 aromatic carbocycles. The van der Waals surface area contributed by atoms with Gasteiger partial charge in [-0.1, -0.05) is 32.1 Å². The number of aliphatic hydroxyl groups is 7. The van der Waals surface area contributed by atoms with E-state index in [9.17, 15) is 35.4 Å². The highest BCUT2D eigenvalue weighted by molar-refractivity contribution is 5.78. The average molecular weight is 508 g/mol. The Morgan fingerprint density at radius 1 is 0.714 bits per heavy atom. The predicted octanol–water partition coefficient (Wildman–Crippen LogP) is -1.28. The standard InChI is InChI=1S/C24H45NO10/c26-12-8-7-10-15(29)9-5-3-1-2-4-6-11-16-23(19(30)17(13-27)25-16)35-24-22(33)21(32)20(31)18(14-28)34-24/h16-28,30-33H,1-14H2/t16?,17?,18?,19?,20?,21?,22?,23?,24-/m0/s1. The molecular formula is C24H45NO10. The monoisotopic (exact) mass is 507 g/mol. The molecule has 2 fully saturated rings. The first-order valence-corrected chi connectivity index (χ1v) is 13.0. The van der Waals surface area contributed by atoms with Gasteiger partial charge in [0, 0.05) is 25.5 Å². The third kappa shape index (κ3) is 9.26. The molecule has 0 amide bonds. The van der Waals surface area contributed by atoms with Crippen LogP contribution in [0.4, 0.5) is 0 Å². The van der Waals surface area contributed by atoms with Crippen LogP contribution in [0.2, 0.25) is 0 Å². The number of nitrogens with one attached hydrogen (secondary N) is 1. The maximum Gasteiger partial charge on any atom is 0.187 e. The molecule has 2 saturated heterocycles.